The van der Waals surface area contributed by atoms with Crippen LogP contribution >= 0.6 is 15.9 Å². The standard InChI is InChI=1S/C15H19BrFNO3S/c1-14(2,3)22(21)18-15(13(19)20,9-4-5-9)11-8-10(16)6-7-12(11)17/h6-9,18H,4-5H2,1-3H3,(H,19,20). The summed E-state index contributed by atoms with van der Waals surface area (Å²) in [6, 6.07) is 4.19. The fourth-order valence-electron chi connectivity index (χ4n) is 2.31. The van der Waals surface area contributed by atoms with E-state index in [1.807, 2.05) is 0 Å². The fourth-order valence-corrected chi connectivity index (χ4v) is 3.63. The molecule has 7 heteroatoms. The Kier molecular flexibility index (Phi) is 4.92. The molecule has 0 spiro atoms. The molecular formula is C15H19BrFNO3S. The van der Waals surface area contributed by atoms with Crippen LogP contribution in [-0.2, 0) is 21.7 Å². The van der Waals surface area contributed by atoms with Gasteiger partial charge in [-0.15, -0.1) is 4.72 Å². The smallest absolute Gasteiger partial charge is 0.333 e. The summed E-state index contributed by atoms with van der Waals surface area (Å²) >= 11 is 1.61. The van der Waals surface area contributed by atoms with Crippen molar-refractivity contribution in [2.75, 3.05) is 0 Å². The number of benzene rings is 1. The minimum atomic E-state index is -1.67. The number of rotatable bonds is 5. The van der Waals surface area contributed by atoms with Crippen LogP contribution in [-0.4, -0.2) is 20.4 Å². The van der Waals surface area contributed by atoms with Crippen molar-refractivity contribution in [3.63, 3.8) is 0 Å². The molecule has 0 bridgehead atoms. The van der Waals surface area contributed by atoms with Crippen molar-refractivity contribution in [2.24, 2.45) is 5.92 Å². The highest BCUT2D eigenvalue weighted by atomic mass is 79.9. The van der Waals surface area contributed by atoms with Crippen LogP contribution in [0.4, 0.5) is 4.39 Å². The molecule has 0 heterocycles. The molecule has 122 valence electrons. The molecule has 4 nitrogen and oxygen atoms in total. The monoisotopic (exact) mass is 391 g/mol. The Morgan fingerprint density at radius 2 is 2.05 bits per heavy atom. The van der Waals surface area contributed by atoms with Crippen LogP contribution < -0.4 is 4.72 Å². The number of hydrogen-bond donors (Lipinski definition) is 2. The third-order valence-corrected chi connectivity index (χ3v) is 5.80. The van der Waals surface area contributed by atoms with Gasteiger partial charge in [0.05, 0.1) is 0 Å². The first-order valence-corrected chi connectivity index (χ1v) is 8.92. The summed E-state index contributed by atoms with van der Waals surface area (Å²) in [5.41, 5.74) is -1.65. The lowest BCUT2D eigenvalue weighted by Crippen LogP contribution is -2.57. The average Bonchev–Trinajstić information content (AvgIpc) is 3.22. The van der Waals surface area contributed by atoms with E-state index < -0.39 is 33.4 Å². The van der Waals surface area contributed by atoms with Crippen molar-refractivity contribution >= 4 is 33.3 Å². The number of nitrogens with one attached hydrogen (secondary N) is 1. The maximum Gasteiger partial charge on any atom is 0.333 e. The molecule has 2 N–H and O–H groups in total. The van der Waals surface area contributed by atoms with Crippen molar-refractivity contribution in [3.8, 4) is 0 Å². The molecule has 2 unspecified atom stereocenters. The molecule has 2 rings (SSSR count). The molecule has 0 radical (unpaired) electrons. The second kappa shape index (κ2) is 6.11. The first kappa shape index (κ1) is 17.7. The topological polar surface area (TPSA) is 72.4 Å². The predicted octanol–water partition coefficient (Wildman–Crippen LogP) is 3.33. The highest BCUT2D eigenvalue weighted by molar-refractivity contribution is 9.10. The minimum absolute atomic E-state index is 0.0227. The van der Waals surface area contributed by atoms with E-state index in [4.69, 9.17) is 0 Å². The maximum absolute atomic E-state index is 14.3. The van der Waals surface area contributed by atoms with Crippen LogP contribution in [0.2, 0.25) is 0 Å². The molecule has 1 saturated carbocycles. The van der Waals surface area contributed by atoms with Gasteiger partial charge in [-0.1, -0.05) is 15.9 Å². The Hall–Kier alpha value is -0.630. The molecule has 0 aliphatic heterocycles. The Morgan fingerprint density at radius 3 is 2.50 bits per heavy atom. The summed E-state index contributed by atoms with van der Waals surface area (Å²) < 4.78 is 29.5. The van der Waals surface area contributed by atoms with Crippen LogP contribution in [0.3, 0.4) is 0 Å². The lowest BCUT2D eigenvalue weighted by molar-refractivity contribution is -0.145. The van der Waals surface area contributed by atoms with E-state index in [0.29, 0.717) is 17.3 Å². The average molecular weight is 392 g/mol. The van der Waals surface area contributed by atoms with Gasteiger partial charge in [-0.25, -0.2) is 9.18 Å². The van der Waals surface area contributed by atoms with Gasteiger partial charge in [0, 0.05) is 21.4 Å². The zero-order chi connectivity index (χ0) is 16.7. The molecule has 1 fully saturated rings. The number of halogens is 2. The molecule has 0 amide bonds. The molecule has 2 atom stereocenters. The number of carboxylic acids is 1. The van der Waals surface area contributed by atoms with E-state index in [2.05, 4.69) is 20.7 Å². The summed E-state index contributed by atoms with van der Waals surface area (Å²) in [6.45, 7) is 5.23. The van der Waals surface area contributed by atoms with Gasteiger partial charge in [0.2, 0.25) is 0 Å². The van der Waals surface area contributed by atoms with Crippen molar-refractivity contribution in [1.82, 2.24) is 4.72 Å². The molecular weight excluding hydrogens is 373 g/mol. The van der Waals surface area contributed by atoms with Crippen molar-refractivity contribution in [2.45, 2.75) is 43.9 Å². The summed E-state index contributed by atoms with van der Waals surface area (Å²) in [5, 5.41) is 9.84. The van der Waals surface area contributed by atoms with Crippen molar-refractivity contribution in [1.29, 1.82) is 0 Å². The molecule has 1 aromatic carbocycles. The first-order chi connectivity index (χ1) is 10.1. The van der Waals surface area contributed by atoms with E-state index in [1.54, 1.807) is 20.8 Å². The van der Waals surface area contributed by atoms with Crippen LogP contribution in [0, 0.1) is 11.7 Å². The number of carbonyl (C=O) groups is 1. The Labute approximate surface area is 140 Å². The van der Waals surface area contributed by atoms with Crippen molar-refractivity contribution in [3.05, 3.63) is 34.1 Å². The molecule has 0 saturated heterocycles. The van der Waals surface area contributed by atoms with Gasteiger partial charge < -0.3 is 9.66 Å². The quantitative estimate of drug-likeness (QED) is 0.754. The van der Waals surface area contributed by atoms with Gasteiger partial charge in [0.1, 0.15) is 10.6 Å². The second-order valence-electron chi connectivity index (χ2n) is 6.49. The molecule has 1 aliphatic carbocycles. The number of aliphatic carboxylic acids is 1. The van der Waals surface area contributed by atoms with Gasteiger partial charge in [0.15, 0.2) is 5.54 Å². The summed E-state index contributed by atoms with van der Waals surface area (Å²) in [4.78, 5) is 12.1. The predicted molar refractivity (Wildman–Crippen MR) is 87.2 cm³/mol. The van der Waals surface area contributed by atoms with Crippen LogP contribution in [0.25, 0.3) is 0 Å². The number of carboxylic acid groups (broad SMARTS) is 1. The van der Waals surface area contributed by atoms with Crippen molar-refractivity contribution < 1.29 is 18.8 Å². The van der Waals surface area contributed by atoms with Crippen LogP contribution in [0.5, 0.6) is 0 Å². The first-order valence-electron chi connectivity index (χ1n) is 6.97. The molecule has 1 aromatic rings. The van der Waals surface area contributed by atoms with Gasteiger partial charge >= 0.3 is 5.97 Å². The van der Waals surface area contributed by atoms with Gasteiger partial charge in [-0.3, -0.25) is 0 Å². The Morgan fingerprint density at radius 1 is 1.45 bits per heavy atom. The van der Waals surface area contributed by atoms with Crippen LogP contribution in [0.15, 0.2) is 22.7 Å². The Balaban J connectivity index is 2.55. The highest BCUT2D eigenvalue weighted by Gasteiger charge is 2.58. The highest BCUT2D eigenvalue weighted by Crippen LogP contribution is 2.48. The van der Waals surface area contributed by atoms with Gasteiger partial charge in [-0.2, -0.15) is 0 Å². The van der Waals surface area contributed by atoms with E-state index in [1.165, 1.54) is 18.2 Å². The Bertz CT molecular complexity index is 589. The molecule has 1 aliphatic rings. The van der Waals surface area contributed by atoms with E-state index >= 15 is 0 Å². The summed E-state index contributed by atoms with van der Waals surface area (Å²) in [7, 11) is 0. The molecule has 22 heavy (non-hydrogen) atoms. The van der Waals surface area contributed by atoms with Gasteiger partial charge in [-0.05, 0) is 57.7 Å². The van der Waals surface area contributed by atoms with E-state index in [9.17, 15) is 18.8 Å². The lowest BCUT2D eigenvalue weighted by Gasteiger charge is -2.35. The lowest BCUT2D eigenvalue weighted by atomic mass is 9.85. The summed E-state index contributed by atoms with van der Waals surface area (Å²) in [5.74, 6) is -2.10. The largest absolute Gasteiger partial charge is 0.598 e. The van der Waals surface area contributed by atoms with Crippen LogP contribution in [0.1, 0.15) is 39.2 Å². The SMILES string of the molecule is CC(C)(C)[S+]([O-])NC(C(=O)O)(c1cc(Br)ccc1F)C1CC1. The maximum atomic E-state index is 14.3. The zero-order valence-corrected chi connectivity index (χ0v) is 15.1. The fraction of sp³-hybridized carbons (Fsp3) is 0.533. The van der Waals surface area contributed by atoms with Gasteiger partial charge in [0.25, 0.3) is 0 Å². The third kappa shape index (κ3) is 3.32. The third-order valence-electron chi connectivity index (χ3n) is 3.69. The summed E-state index contributed by atoms with van der Waals surface area (Å²) in [6.07, 6.45) is 1.32. The zero-order valence-electron chi connectivity index (χ0n) is 12.7. The van der Waals surface area contributed by atoms with E-state index in [-0.39, 0.29) is 11.5 Å². The number of hydrogen-bond acceptors (Lipinski definition) is 3. The molecule has 0 aromatic heterocycles. The normalized spacial score (nSPS) is 19.5. The minimum Gasteiger partial charge on any atom is -0.598 e. The second-order valence-corrected chi connectivity index (χ2v) is 9.38. The van der Waals surface area contributed by atoms with E-state index in [0.717, 1.165) is 0 Å².